The summed E-state index contributed by atoms with van der Waals surface area (Å²) in [4.78, 5) is 20.4. The van der Waals surface area contributed by atoms with Crippen molar-refractivity contribution in [3.63, 3.8) is 0 Å². The Hall–Kier alpha value is -3.87. The third-order valence-electron chi connectivity index (χ3n) is 4.81. The van der Waals surface area contributed by atoms with Crippen LogP contribution < -0.4 is 16.4 Å². The number of nitriles is 1. The Morgan fingerprint density at radius 1 is 1.36 bits per heavy atom. The van der Waals surface area contributed by atoms with E-state index in [1.165, 1.54) is 16.8 Å². The molecule has 0 saturated heterocycles. The zero-order valence-electron chi connectivity index (χ0n) is 17.2. The van der Waals surface area contributed by atoms with E-state index in [4.69, 9.17) is 34.2 Å². The molecule has 3 aromatic rings. The molecule has 166 valence electrons. The van der Waals surface area contributed by atoms with E-state index in [0.29, 0.717) is 39.5 Å². The van der Waals surface area contributed by atoms with Gasteiger partial charge in [0.05, 0.1) is 38.9 Å². The van der Waals surface area contributed by atoms with E-state index in [2.05, 4.69) is 32.3 Å². The fourth-order valence-electron chi connectivity index (χ4n) is 3.12. The number of amides is 1. The molecule has 2 aromatic heterocycles. The highest BCUT2D eigenvalue weighted by molar-refractivity contribution is 6.38. The Bertz CT molecular complexity index is 1340. The molecule has 9 nitrogen and oxygen atoms in total. The zero-order chi connectivity index (χ0) is 23.5. The van der Waals surface area contributed by atoms with Crippen molar-refractivity contribution < 1.29 is 4.79 Å². The van der Waals surface area contributed by atoms with Gasteiger partial charge in [0.2, 0.25) is 5.91 Å². The van der Waals surface area contributed by atoms with Crippen LogP contribution in [0.1, 0.15) is 18.4 Å². The predicted molar refractivity (Wildman–Crippen MR) is 128 cm³/mol. The molecule has 1 saturated carbocycles. The van der Waals surface area contributed by atoms with E-state index in [1.54, 1.807) is 24.5 Å². The average molecular weight is 481 g/mol. The van der Waals surface area contributed by atoms with Crippen molar-refractivity contribution in [3.8, 4) is 11.8 Å². The SMILES string of the molecule is C=C(/C=C(\N=CN)Nc1nccc2nn(-c3c(Cl)cc(C#N)cc3Cl)cc12)NC(=O)C1CC1. The quantitative estimate of drug-likeness (QED) is 0.266. The van der Waals surface area contributed by atoms with Crippen molar-refractivity contribution in [1.29, 1.82) is 5.26 Å². The molecule has 0 bridgehead atoms. The van der Waals surface area contributed by atoms with Gasteiger partial charge in [0, 0.05) is 30.1 Å². The molecule has 11 heteroatoms. The maximum Gasteiger partial charge on any atom is 0.227 e. The van der Waals surface area contributed by atoms with Crippen molar-refractivity contribution in [1.82, 2.24) is 20.1 Å². The first-order valence-electron chi connectivity index (χ1n) is 9.86. The minimum Gasteiger partial charge on any atom is -0.390 e. The lowest BCUT2D eigenvalue weighted by Gasteiger charge is -2.09. The van der Waals surface area contributed by atoms with E-state index in [0.717, 1.165) is 19.2 Å². The van der Waals surface area contributed by atoms with Crippen LogP contribution in [0, 0.1) is 17.2 Å². The summed E-state index contributed by atoms with van der Waals surface area (Å²) in [5.74, 6) is 0.746. The van der Waals surface area contributed by atoms with Gasteiger partial charge in [-0.3, -0.25) is 4.79 Å². The smallest absolute Gasteiger partial charge is 0.227 e. The summed E-state index contributed by atoms with van der Waals surface area (Å²) >= 11 is 12.7. The van der Waals surface area contributed by atoms with E-state index >= 15 is 0 Å². The zero-order valence-corrected chi connectivity index (χ0v) is 18.7. The second-order valence-electron chi connectivity index (χ2n) is 7.29. The van der Waals surface area contributed by atoms with Gasteiger partial charge in [-0.1, -0.05) is 29.8 Å². The lowest BCUT2D eigenvalue weighted by atomic mass is 10.2. The molecule has 33 heavy (non-hydrogen) atoms. The van der Waals surface area contributed by atoms with Gasteiger partial charge in [-0.15, -0.1) is 0 Å². The Morgan fingerprint density at radius 2 is 2.09 bits per heavy atom. The number of rotatable bonds is 7. The topological polar surface area (TPSA) is 134 Å². The van der Waals surface area contributed by atoms with Gasteiger partial charge in [0.1, 0.15) is 17.3 Å². The van der Waals surface area contributed by atoms with E-state index < -0.39 is 0 Å². The Morgan fingerprint density at radius 3 is 2.73 bits per heavy atom. The van der Waals surface area contributed by atoms with Gasteiger partial charge in [-0.2, -0.15) is 10.4 Å². The predicted octanol–water partition coefficient (Wildman–Crippen LogP) is 3.88. The molecule has 0 aliphatic heterocycles. The van der Waals surface area contributed by atoms with Gasteiger partial charge < -0.3 is 16.4 Å². The number of carbonyl (C=O) groups is 1. The fraction of sp³-hybridized carbons (Fsp3) is 0.136. The van der Waals surface area contributed by atoms with Crippen LogP contribution in [0.5, 0.6) is 0 Å². The van der Waals surface area contributed by atoms with Crippen LogP contribution in [0.3, 0.4) is 0 Å². The van der Waals surface area contributed by atoms with Gasteiger partial charge in [0.25, 0.3) is 0 Å². The molecule has 0 atom stereocenters. The maximum atomic E-state index is 12.0. The number of fused-ring (bicyclic) bond motifs is 1. The number of pyridine rings is 1. The molecule has 4 rings (SSSR count). The fourth-order valence-corrected chi connectivity index (χ4v) is 3.78. The number of allylic oxidation sites excluding steroid dienone is 1. The number of carbonyl (C=O) groups excluding carboxylic acids is 1. The molecule has 0 spiro atoms. The number of halogens is 2. The largest absolute Gasteiger partial charge is 0.390 e. The van der Waals surface area contributed by atoms with Gasteiger partial charge in [-0.05, 0) is 31.0 Å². The molecule has 1 amide bonds. The first kappa shape index (κ1) is 22.3. The van der Waals surface area contributed by atoms with Crippen molar-refractivity contribution in [3.05, 3.63) is 70.4 Å². The first-order valence-corrected chi connectivity index (χ1v) is 10.6. The molecule has 1 fully saturated rings. The van der Waals surface area contributed by atoms with E-state index in [1.807, 2.05) is 6.07 Å². The number of nitrogens with two attached hydrogens (primary N) is 1. The summed E-state index contributed by atoms with van der Waals surface area (Å²) in [6, 6.07) is 6.78. The van der Waals surface area contributed by atoms with Crippen LogP contribution in [-0.4, -0.2) is 27.0 Å². The van der Waals surface area contributed by atoms with Crippen molar-refractivity contribution in [2.24, 2.45) is 16.6 Å². The molecule has 0 unspecified atom stereocenters. The molecular weight excluding hydrogens is 463 g/mol. The van der Waals surface area contributed by atoms with Crippen LogP contribution in [-0.2, 0) is 4.79 Å². The Labute approximate surface area is 199 Å². The van der Waals surface area contributed by atoms with Crippen LogP contribution in [0.2, 0.25) is 10.0 Å². The monoisotopic (exact) mass is 480 g/mol. The molecular formula is C22H18Cl2N8O. The van der Waals surface area contributed by atoms with Crippen LogP contribution >= 0.6 is 23.2 Å². The lowest BCUT2D eigenvalue weighted by molar-refractivity contribution is -0.121. The van der Waals surface area contributed by atoms with Crippen LogP contribution in [0.4, 0.5) is 5.82 Å². The molecule has 1 aliphatic carbocycles. The number of aliphatic imine (C=N–C) groups is 1. The molecule has 1 aliphatic rings. The normalized spacial score (nSPS) is 13.8. The van der Waals surface area contributed by atoms with Gasteiger partial charge >= 0.3 is 0 Å². The first-order chi connectivity index (χ1) is 15.9. The van der Waals surface area contributed by atoms with Crippen LogP contribution in [0.15, 0.2) is 59.8 Å². The number of nitrogens with one attached hydrogen (secondary N) is 2. The van der Waals surface area contributed by atoms with E-state index in [9.17, 15) is 4.79 Å². The Balaban J connectivity index is 1.66. The number of aromatic nitrogens is 3. The van der Waals surface area contributed by atoms with Crippen LogP contribution in [0.25, 0.3) is 16.6 Å². The Kier molecular flexibility index (Phi) is 6.31. The van der Waals surface area contributed by atoms with Crippen molar-refractivity contribution >= 4 is 52.2 Å². The molecule has 0 radical (unpaired) electrons. The van der Waals surface area contributed by atoms with Gasteiger partial charge in [-0.25, -0.2) is 14.7 Å². The van der Waals surface area contributed by atoms with Crippen molar-refractivity contribution in [2.45, 2.75) is 12.8 Å². The third-order valence-corrected chi connectivity index (χ3v) is 5.39. The summed E-state index contributed by atoms with van der Waals surface area (Å²) in [6.07, 6.45) is 7.74. The molecule has 4 N–H and O–H groups in total. The summed E-state index contributed by atoms with van der Waals surface area (Å²) in [6.45, 7) is 3.86. The van der Waals surface area contributed by atoms with Crippen molar-refractivity contribution in [2.75, 3.05) is 5.32 Å². The number of hydrogen-bond donors (Lipinski definition) is 3. The molecule has 2 heterocycles. The standard InChI is InChI=1S/C22H18Cl2N8O/c1-12(29-22(33)14-2-3-14)6-19(28-11-26)30-21-15-10-32(31-18(15)4-5-27-21)20-16(23)7-13(9-25)8-17(20)24/h4-8,10-11,14H,1-3H2,(H2,26,28)(H,27,30)(H,29,33)/b19-6+. The second kappa shape index (κ2) is 9.32. The highest BCUT2D eigenvalue weighted by atomic mass is 35.5. The summed E-state index contributed by atoms with van der Waals surface area (Å²) < 4.78 is 1.52. The number of anilines is 1. The number of benzene rings is 1. The summed E-state index contributed by atoms with van der Waals surface area (Å²) in [5.41, 5.74) is 7.26. The highest BCUT2D eigenvalue weighted by Gasteiger charge is 2.29. The summed E-state index contributed by atoms with van der Waals surface area (Å²) in [7, 11) is 0. The second-order valence-corrected chi connectivity index (χ2v) is 8.10. The lowest BCUT2D eigenvalue weighted by Crippen LogP contribution is -2.23. The maximum absolute atomic E-state index is 12.0. The molecule has 1 aromatic carbocycles. The number of hydrogen-bond acceptors (Lipinski definition) is 6. The average Bonchev–Trinajstić information content (AvgIpc) is 3.53. The third kappa shape index (κ3) is 4.98. The van der Waals surface area contributed by atoms with Gasteiger partial charge in [0.15, 0.2) is 0 Å². The highest BCUT2D eigenvalue weighted by Crippen LogP contribution is 2.32. The number of nitrogens with zero attached hydrogens (tertiary/aromatic N) is 5. The minimum atomic E-state index is -0.0648. The summed E-state index contributed by atoms with van der Waals surface area (Å²) in [5, 5.41) is 20.7. The minimum absolute atomic E-state index is 0.0479. The van der Waals surface area contributed by atoms with E-state index in [-0.39, 0.29) is 21.9 Å².